The van der Waals surface area contributed by atoms with Crippen LogP contribution in [-0.4, -0.2) is 26.4 Å². The van der Waals surface area contributed by atoms with E-state index in [1.54, 1.807) is 0 Å². The smallest absolute Gasteiger partial charge is 0.234 e. The zero-order chi connectivity index (χ0) is 20.1. The van der Waals surface area contributed by atoms with E-state index in [1.807, 2.05) is 89.5 Å². The Hall–Kier alpha value is -3.09. The van der Waals surface area contributed by atoms with E-state index in [0.717, 1.165) is 16.9 Å². The molecule has 29 heavy (non-hydrogen) atoms. The maximum Gasteiger partial charge on any atom is 0.234 e. The molecule has 0 fully saturated rings. The lowest BCUT2D eigenvalue weighted by Crippen LogP contribution is -2.14. The van der Waals surface area contributed by atoms with Crippen LogP contribution in [0.25, 0.3) is 17.1 Å². The second-order valence-electron chi connectivity index (χ2n) is 6.19. The molecular formula is C22H17ClN4OS. The highest BCUT2D eigenvalue weighted by Crippen LogP contribution is 2.28. The van der Waals surface area contributed by atoms with Crippen molar-refractivity contribution in [1.82, 2.24) is 14.8 Å². The summed E-state index contributed by atoms with van der Waals surface area (Å²) in [6.45, 7) is 0. The Labute approximate surface area is 177 Å². The minimum absolute atomic E-state index is 0.104. The van der Waals surface area contributed by atoms with Gasteiger partial charge >= 0.3 is 0 Å². The van der Waals surface area contributed by atoms with E-state index in [9.17, 15) is 4.79 Å². The van der Waals surface area contributed by atoms with Crippen LogP contribution in [0.4, 0.5) is 5.69 Å². The summed E-state index contributed by atoms with van der Waals surface area (Å²) in [6.07, 6.45) is 0. The van der Waals surface area contributed by atoms with Crippen LogP contribution in [0, 0.1) is 0 Å². The molecule has 1 heterocycles. The lowest BCUT2D eigenvalue weighted by atomic mass is 10.2. The molecule has 4 rings (SSSR count). The van der Waals surface area contributed by atoms with Gasteiger partial charge in [-0.2, -0.15) is 0 Å². The van der Waals surface area contributed by atoms with E-state index >= 15 is 0 Å². The zero-order valence-corrected chi connectivity index (χ0v) is 16.9. The number of nitrogens with zero attached hydrogens (tertiary/aromatic N) is 3. The molecule has 7 heteroatoms. The predicted molar refractivity (Wildman–Crippen MR) is 118 cm³/mol. The molecule has 0 unspecified atom stereocenters. The molecule has 0 atom stereocenters. The lowest BCUT2D eigenvalue weighted by Gasteiger charge is -2.10. The molecular weight excluding hydrogens is 404 g/mol. The van der Waals surface area contributed by atoms with Gasteiger partial charge in [-0.15, -0.1) is 10.2 Å². The fourth-order valence-electron chi connectivity index (χ4n) is 2.81. The van der Waals surface area contributed by atoms with Gasteiger partial charge in [-0.3, -0.25) is 9.36 Å². The van der Waals surface area contributed by atoms with Gasteiger partial charge in [0.25, 0.3) is 0 Å². The first-order chi connectivity index (χ1) is 14.2. The van der Waals surface area contributed by atoms with Crippen LogP contribution in [0.3, 0.4) is 0 Å². The normalized spacial score (nSPS) is 10.7. The van der Waals surface area contributed by atoms with Gasteiger partial charge < -0.3 is 5.32 Å². The number of anilines is 1. The number of nitrogens with one attached hydrogen (secondary N) is 1. The first-order valence-corrected chi connectivity index (χ1v) is 10.3. The molecule has 0 radical (unpaired) electrons. The molecule has 0 aliphatic carbocycles. The molecule has 1 aromatic heterocycles. The van der Waals surface area contributed by atoms with Crippen LogP contribution in [0.5, 0.6) is 0 Å². The maximum atomic E-state index is 12.3. The molecule has 1 N–H and O–H groups in total. The summed E-state index contributed by atoms with van der Waals surface area (Å²) in [5, 5.41) is 12.9. The van der Waals surface area contributed by atoms with Gasteiger partial charge in [-0.1, -0.05) is 71.9 Å². The molecule has 4 aromatic rings. The number of aromatic nitrogens is 3. The Kier molecular flexibility index (Phi) is 5.93. The number of benzene rings is 3. The average Bonchev–Trinajstić information content (AvgIpc) is 3.18. The van der Waals surface area contributed by atoms with Gasteiger partial charge in [-0.05, 0) is 36.4 Å². The van der Waals surface area contributed by atoms with E-state index < -0.39 is 0 Å². The van der Waals surface area contributed by atoms with Crippen molar-refractivity contribution >= 4 is 35.0 Å². The number of thioether (sulfide) groups is 1. The molecule has 0 saturated carbocycles. The fourth-order valence-corrected chi connectivity index (χ4v) is 3.69. The van der Waals surface area contributed by atoms with Crippen LogP contribution >= 0.6 is 23.4 Å². The summed E-state index contributed by atoms with van der Waals surface area (Å²) in [5.74, 6) is 0.821. The number of carbonyl (C=O) groups excluding carboxylic acids is 1. The third kappa shape index (κ3) is 4.67. The molecule has 0 spiro atoms. The highest BCUT2D eigenvalue weighted by atomic mass is 35.5. The summed E-state index contributed by atoms with van der Waals surface area (Å²) in [4.78, 5) is 12.3. The molecule has 0 saturated heterocycles. The molecule has 1 amide bonds. The predicted octanol–water partition coefficient (Wildman–Crippen LogP) is 5.32. The van der Waals surface area contributed by atoms with Crippen molar-refractivity contribution in [2.24, 2.45) is 0 Å². The monoisotopic (exact) mass is 420 g/mol. The van der Waals surface area contributed by atoms with Gasteiger partial charge in [0.1, 0.15) is 0 Å². The SMILES string of the molecule is O=C(CSc1nnc(-c2ccccc2)n1-c1ccc(Cl)cc1)Nc1ccccc1. The van der Waals surface area contributed by atoms with E-state index in [2.05, 4.69) is 15.5 Å². The number of amides is 1. The van der Waals surface area contributed by atoms with Crippen LogP contribution < -0.4 is 5.32 Å². The fraction of sp³-hybridized carbons (Fsp3) is 0.0455. The van der Waals surface area contributed by atoms with E-state index in [0.29, 0.717) is 16.0 Å². The van der Waals surface area contributed by atoms with Crippen molar-refractivity contribution in [1.29, 1.82) is 0 Å². The second-order valence-corrected chi connectivity index (χ2v) is 7.57. The first kappa shape index (κ1) is 19.2. The second kappa shape index (κ2) is 8.94. The molecule has 3 aromatic carbocycles. The minimum Gasteiger partial charge on any atom is -0.325 e. The highest BCUT2D eigenvalue weighted by molar-refractivity contribution is 7.99. The van der Waals surface area contributed by atoms with E-state index in [-0.39, 0.29) is 11.7 Å². The van der Waals surface area contributed by atoms with E-state index in [4.69, 9.17) is 11.6 Å². The van der Waals surface area contributed by atoms with Crippen molar-refractivity contribution < 1.29 is 4.79 Å². The maximum absolute atomic E-state index is 12.3. The number of carbonyl (C=O) groups is 1. The Morgan fingerprint density at radius 2 is 1.55 bits per heavy atom. The Bertz CT molecular complexity index is 1100. The molecule has 144 valence electrons. The molecule has 5 nitrogen and oxygen atoms in total. The van der Waals surface area contributed by atoms with Gasteiger partial charge in [0, 0.05) is 22.0 Å². The van der Waals surface area contributed by atoms with Crippen LogP contribution in [0.1, 0.15) is 0 Å². The Balaban J connectivity index is 1.60. The van der Waals surface area contributed by atoms with Crippen LogP contribution in [0.2, 0.25) is 5.02 Å². The molecule has 0 aliphatic rings. The topological polar surface area (TPSA) is 59.8 Å². The van der Waals surface area contributed by atoms with Gasteiger partial charge in [0.15, 0.2) is 11.0 Å². The van der Waals surface area contributed by atoms with Crippen molar-refractivity contribution in [2.45, 2.75) is 5.16 Å². The summed E-state index contributed by atoms with van der Waals surface area (Å²) < 4.78 is 1.94. The number of hydrogen-bond donors (Lipinski definition) is 1. The number of halogens is 1. The quantitative estimate of drug-likeness (QED) is 0.429. The number of para-hydroxylation sites is 1. The Morgan fingerprint density at radius 3 is 2.24 bits per heavy atom. The minimum atomic E-state index is -0.104. The van der Waals surface area contributed by atoms with Gasteiger partial charge in [0.05, 0.1) is 5.75 Å². The third-order valence-electron chi connectivity index (χ3n) is 4.14. The van der Waals surface area contributed by atoms with Crippen molar-refractivity contribution in [2.75, 3.05) is 11.1 Å². The summed E-state index contributed by atoms with van der Waals surface area (Å²) >= 11 is 7.38. The summed E-state index contributed by atoms with van der Waals surface area (Å²) in [5.41, 5.74) is 2.59. The van der Waals surface area contributed by atoms with Crippen LogP contribution in [-0.2, 0) is 4.79 Å². The molecule has 0 bridgehead atoms. The summed E-state index contributed by atoms with van der Waals surface area (Å²) in [6, 6.07) is 26.7. The van der Waals surface area contributed by atoms with Gasteiger partial charge in [0.2, 0.25) is 5.91 Å². The number of hydrogen-bond acceptors (Lipinski definition) is 4. The average molecular weight is 421 g/mol. The van der Waals surface area contributed by atoms with Crippen molar-refractivity contribution in [3.8, 4) is 17.1 Å². The van der Waals surface area contributed by atoms with Crippen molar-refractivity contribution in [3.05, 3.63) is 90.0 Å². The van der Waals surface area contributed by atoms with Crippen LogP contribution in [0.15, 0.2) is 90.1 Å². The van der Waals surface area contributed by atoms with Crippen molar-refractivity contribution in [3.63, 3.8) is 0 Å². The van der Waals surface area contributed by atoms with Gasteiger partial charge in [-0.25, -0.2) is 0 Å². The zero-order valence-electron chi connectivity index (χ0n) is 15.3. The third-order valence-corrected chi connectivity index (χ3v) is 5.32. The first-order valence-electron chi connectivity index (χ1n) is 8.95. The number of rotatable bonds is 6. The lowest BCUT2D eigenvalue weighted by molar-refractivity contribution is -0.113. The van der Waals surface area contributed by atoms with E-state index in [1.165, 1.54) is 11.8 Å². The highest BCUT2D eigenvalue weighted by Gasteiger charge is 2.17. The Morgan fingerprint density at radius 1 is 0.897 bits per heavy atom. The molecule has 0 aliphatic heterocycles. The largest absolute Gasteiger partial charge is 0.325 e. The standard InChI is InChI=1S/C22H17ClN4OS/c23-17-11-13-19(14-12-17)27-21(16-7-3-1-4-8-16)25-26-22(27)29-15-20(28)24-18-9-5-2-6-10-18/h1-14H,15H2,(H,24,28). The summed E-state index contributed by atoms with van der Waals surface area (Å²) in [7, 11) is 0.